The van der Waals surface area contributed by atoms with E-state index in [2.05, 4.69) is 34.4 Å². The number of hydrogen-bond acceptors (Lipinski definition) is 3. The fourth-order valence-corrected chi connectivity index (χ4v) is 2.65. The second-order valence-electron chi connectivity index (χ2n) is 3.57. The van der Waals surface area contributed by atoms with Crippen LogP contribution in [-0.4, -0.2) is 48.0 Å². The van der Waals surface area contributed by atoms with E-state index in [0.717, 1.165) is 31.2 Å². The van der Waals surface area contributed by atoms with Gasteiger partial charge in [-0.3, -0.25) is 0 Å². The SMILES string of the molecule is CN1CCN(C(=S)c2cccs2)CC1. The van der Waals surface area contributed by atoms with Crippen molar-refractivity contribution < 1.29 is 0 Å². The average Bonchev–Trinajstić information content (AvgIpc) is 2.71. The van der Waals surface area contributed by atoms with Crippen LogP contribution in [-0.2, 0) is 0 Å². The van der Waals surface area contributed by atoms with Crippen molar-refractivity contribution in [1.29, 1.82) is 0 Å². The van der Waals surface area contributed by atoms with Gasteiger partial charge < -0.3 is 9.80 Å². The number of rotatable bonds is 1. The Kier molecular flexibility index (Phi) is 3.15. The van der Waals surface area contributed by atoms with Crippen molar-refractivity contribution in [3.63, 3.8) is 0 Å². The molecule has 0 amide bonds. The van der Waals surface area contributed by atoms with E-state index < -0.39 is 0 Å². The molecule has 14 heavy (non-hydrogen) atoms. The first-order valence-electron chi connectivity index (χ1n) is 4.79. The Morgan fingerprint density at radius 2 is 2.07 bits per heavy atom. The Morgan fingerprint density at radius 3 is 2.64 bits per heavy atom. The first-order chi connectivity index (χ1) is 6.77. The van der Waals surface area contributed by atoms with Gasteiger partial charge in [-0.2, -0.15) is 0 Å². The molecule has 1 aliphatic rings. The minimum Gasteiger partial charge on any atom is -0.359 e. The molecule has 2 nitrogen and oxygen atoms in total. The second kappa shape index (κ2) is 4.38. The van der Waals surface area contributed by atoms with Crippen molar-refractivity contribution >= 4 is 28.5 Å². The molecule has 76 valence electrons. The van der Waals surface area contributed by atoms with Crippen LogP contribution in [0.5, 0.6) is 0 Å². The van der Waals surface area contributed by atoms with E-state index >= 15 is 0 Å². The van der Waals surface area contributed by atoms with Gasteiger partial charge in [-0.25, -0.2) is 0 Å². The van der Waals surface area contributed by atoms with Crippen LogP contribution in [0.1, 0.15) is 4.88 Å². The van der Waals surface area contributed by atoms with Crippen molar-refractivity contribution in [3.05, 3.63) is 22.4 Å². The van der Waals surface area contributed by atoms with Crippen molar-refractivity contribution in [2.75, 3.05) is 33.2 Å². The minimum atomic E-state index is 1.02. The summed E-state index contributed by atoms with van der Waals surface area (Å²) in [5.74, 6) is 0. The Balaban J connectivity index is 1.99. The van der Waals surface area contributed by atoms with E-state index in [-0.39, 0.29) is 0 Å². The number of nitrogens with zero attached hydrogens (tertiary/aromatic N) is 2. The van der Waals surface area contributed by atoms with E-state index in [1.165, 1.54) is 4.88 Å². The molecular weight excluding hydrogens is 212 g/mol. The maximum absolute atomic E-state index is 5.45. The number of thiocarbonyl (C=S) groups is 1. The van der Waals surface area contributed by atoms with Gasteiger partial charge in [-0.05, 0) is 18.5 Å². The van der Waals surface area contributed by atoms with Crippen LogP contribution in [0, 0.1) is 0 Å². The zero-order valence-corrected chi connectivity index (χ0v) is 9.90. The largest absolute Gasteiger partial charge is 0.359 e. The molecule has 0 saturated carbocycles. The highest BCUT2D eigenvalue weighted by Crippen LogP contribution is 2.14. The maximum atomic E-state index is 5.45. The number of piperazine rings is 1. The molecule has 0 atom stereocenters. The fraction of sp³-hybridized carbons (Fsp3) is 0.500. The summed E-state index contributed by atoms with van der Waals surface area (Å²) >= 11 is 7.18. The highest BCUT2D eigenvalue weighted by molar-refractivity contribution is 7.81. The Bertz CT molecular complexity index is 300. The summed E-state index contributed by atoms with van der Waals surface area (Å²) < 4.78 is 0. The van der Waals surface area contributed by atoms with Gasteiger partial charge in [-0.1, -0.05) is 18.3 Å². The van der Waals surface area contributed by atoms with Crippen LogP contribution >= 0.6 is 23.6 Å². The van der Waals surface area contributed by atoms with Gasteiger partial charge in [0.1, 0.15) is 4.99 Å². The van der Waals surface area contributed by atoms with E-state index in [0.29, 0.717) is 0 Å². The van der Waals surface area contributed by atoms with E-state index in [1.54, 1.807) is 11.3 Å². The Morgan fingerprint density at radius 1 is 1.36 bits per heavy atom. The van der Waals surface area contributed by atoms with Crippen LogP contribution in [0.3, 0.4) is 0 Å². The summed E-state index contributed by atoms with van der Waals surface area (Å²) in [6.45, 7) is 4.36. The molecular formula is C10H14N2S2. The zero-order chi connectivity index (χ0) is 9.97. The van der Waals surface area contributed by atoms with Crippen LogP contribution < -0.4 is 0 Å². The normalized spacial score (nSPS) is 18.5. The quantitative estimate of drug-likeness (QED) is 0.673. The van der Waals surface area contributed by atoms with Gasteiger partial charge >= 0.3 is 0 Å². The van der Waals surface area contributed by atoms with Gasteiger partial charge in [0.2, 0.25) is 0 Å². The van der Waals surface area contributed by atoms with Gasteiger partial charge in [0.25, 0.3) is 0 Å². The molecule has 1 aromatic heterocycles. The lowest BCUT2D eigenvalue weighted by Gasteiger charge is -2.33. The summed E-state index contributed by atoms with van der Waals surface area (Å²) in [4.78, 5) is 6.90. The minimum absolute atomic E-state index is 1.02. The number of likely N-dealkylation sites (N-methyl/N-ethyl adjacent to an activating group) is 1. The molecule has 2 heterocycles. The predicted molar refractivity (Wildman–Crippen MR) is 65.1 cm³/mol. The van der Waals surface area contributed by atoms with Crippen molar-refractivity contribution in [3.8, 4) is 0 Å². The third kappa shape index (κ3) is 2.13. The van der Waals surface area contributed by atoms with E-state index in [1.807, 2.05) is 0 Å². The topological polar surface area (TPSA) is 6.48 Å². The summed E-state index contributed by atoms with van der Waals surface area (Å²) in [6.07, 6.45) is 0. The number of hydrogen-bond donors (Lipinski definition) is 0. The molecule has 1 aromatic rings. The molecule has 0 radical (unpaired) electrons. The molecule has 0 spiro atoms. The predicted octanol–water partition coefficient (Wildman–Crippen LogP) is 1.67. The second-order valence-corrected chi connectivity index (χ2v) is 4.91. The molecule has 0 aromatic carbocycles. The molecule has 1 fully saturated rings. The summed E-state index contributed by atoms with van der Waals surface area (Å²) in [7, 11) is 2.16. The Labute approximate surface area is 94.1 Å². The lowest BCUT2D eigenvalue weighted by molar-refractivity contribution is 0.218. The average molecular weight is 226 g/mol. The summed E-state index contributed by atoms with van der Waals surface area (Å²) in [5.41, 5.74) is 0. The van der Waals surface area contributed by atoms with Crippen LogP contribution in [0.25, 0.3) is 0 Å². The Hall–Kier alpha value is -0.450. The van der Waals surface area contributed by atoms with Gasteiger partial charge in [0.05, 0.1) is 4.88 Å². The highest BCUT2D eigenvalue weighted by Gasteiger charge is 2.17. The van der Waals surface area contributed by atoms with Crippen LogP contribution in [0.15, 0.2) is 17.5 Å². The van der Waals surface area contributed by atoms with Gasteiger partial charge in [-0.15, -0.1) is 11.3 Å². The fourth-order valence-electron chi connectivity index (χ4n) is 1.57. The van der Waals surface area contributed by atoms with Crippen LogP contribution in [0.2, 0.25) is 0 Å². The molecule has 0 unspecified atom stereocenters. The molecule has 0 aliphatic carbocycles. The third-order valence-electron chi connectivity index (χ3n) is 2.52. The number of thiophene rings is 1. The molecule has 4 heteroatoms. The van der Waals surface area contributed by atoms with Crippen LogP contribution in [0.4, 0.5) is 0 Å². The molecule has 1 aliphatic heterocycles. The molecule has 0 N–H and O–H groups in total. The lowest BCUT2D eigenvalue weighted by atomic mass is 10.3. The van der Waals surface area contributed by atoms with Crippen molar-refractivity contribution in [1.82, 2.24) is 9.80 Å². The summed E-state index contributed by atoms with van der Waals surface area (Å²) in [6, 6.07) is 4.16. The van der Waals surface area contributed by atoms with E-state index in [4.69, 9.17) is 12.2 Å². The highest BCUT2D eigenvalue weighted by atomic mass is 32.1. The van der Waals surface area contributed by atoms with E-state index in [9.17, 15) is 0 Å². The molecule has 2 rings (SSSR count). The molecule has 1 saturated heterocycles. The monoisotopic (exact) mass is 226 g/mol. The first kappa shape index (κ1) is 10.1. The smallest absolute Gasteiger partial charge is 0.119 e. The first-order valence-corrected chi connectivity index (χ1v) is 6.07. The van der Waals surface area contributed by atoms with Crippen molar-refractivity contribution in [2.45, 2.75) is 0 Å². The lowest BCUT2D eigenvalue weighted by Crippen LogP contribution is -2.46. The van der Waals surface area contributed by atoms with Crippen molar-refractivity contribution in [2.24, 2.45) is 0 Å². The van der Waals surface area contributed by atoms with Gasteiger partial charge in [0, 0.05) is 26.2 Å². The summed E-state index contributed by atoms with van der Waals surface area (Å²) in [5, 5.41) is 2.08. The standard InChI is InChI=1S/C10H14N2S2/c1-11-4-6-12(7-5-11)10(13)9-3-2-8-14-9/h2-3,8H,4-7H2,1H3. The zero-order valence-electron chi connectivity index (χ0n) is 8.27. The molecule has 0 bridgehead atoms. The maximum Gasteiger partial charge on any atom is 0.119 e. The third-order valence-corrected chi connectivity index (χ3v) is 4.01. The van der Waals surface area contributed by atoms with Gasteiger partial charge in [0.15, 0.2) is 0 Å².